The average Bonchev–Trinajstić information content (AvgIpc) is 2.76. The number of aromatic nitrogens is 1. The fraction of sp³-hybridized carbons (Fsp3) is 0.286. The molecule has 0 spiro atoms. The van der Waals surface area contributed by atoms with Gasteiger partial charge in [-0.15, -0.1) is 0 Å². The Balaban J connectivity index is 2.02. The van der Waals surface area contributed by atoms with Crippen molar-refractivity contribution in [2.45, 2.75) is 26.9 Å². The van der Waals surface area contributed by atoms with E-state index in [4.69, 9.17) is 0 Å². The second-order valence-corrected chi connectivity index (χ2v) is 5.04. The SMILES string of the molecule is CCn1ccc(CNc2ccc(C)cc2Br)c1. The summed E-state index contributed by atoms with van der Waals surface area (Å²) in [7, 11) is 0. The normalized spacial score (nSPS) is 10.5. The van der Waals surface area contributed by atoms with Gasteiger partial charge in [-0.25, -0.2) is 0 Å². The first-order valence-electron chi connectivity index (χ1n) is 5.83. The van der Waals surface area contributed by atoms with Crippen LogP contribution in [0.25, 0.3) is 0 Å². The number of hydrogen-bond acceptors (Lipinski definition) is 1. The van der Waals surface area contributed by atoms with Crippen LogP contribution in [0.2, 0.25) is 0 Å². The summed E-state index contributed by atoms with van der Waals surface area (Å²) < 4.78 is 3.30. The largest absolute Gasteiger partial charge is 0.380 e. The molecule has 2 nitrogen and oxygen atoms in total. The minimum Gasteiger partial charge on any atom is -0.380 e. The number of rotatable bonds is 4. The number of nitrogens with one attached hydrogen (secondary N) is 1. The zero-order chi connectivity index (χ0) is 12.3. The third-order valence-electron chi connectivity index (χ3n) is 2.78. The lowest BCUT2D eigenvalue weighted by Crippen LogP contribution is -1.99. The van der Waals surface area contributed by atoms with Gasteiger partial charge >= 0.3 is 0 Å². The summed E-state index contributed by atoms with van der Waals surface area (Å²) in [4.78, 5) is 0. The van der Waals surface area contributed by atoms with Crippen LogP contribution >= 0.6 is 15.9 Å². The van der Waals surface area contributed by atoms with E-state index in [0.717, 1.165) is 23.2 Å². The standard InChI is InChI=1S/C14H17BrN2/c1-3-17-7-6-12(10-17)9-16-14-5-4-11(2)8-13(14)15/h4-8,10,16H,3,9H2,1-2H3. The minimum atomic E-state index is 0.856. The van der Waals surface area contributed by atoms with Crippen molar-refractivity contribution in [1.82, 2.24) is 4.57 Å². The van der Waals surface area contributed by atoms with E-state index in [2.05, 4.69) is 76.3 Å². The Kier molecular flexibility index (Phi) is 3.89. The maximum Gasteiger partial charge on any atom is 0.0487 e. The van der Waals surface area contributed by atoms with E-state index in [-0.39, 0.29) is 0 Å². The molecule has 0 bridgehead atoms. The maximum absolute atomic E-state index is 3.57. The number of hydrogen-bond donors (Lipinski definition) is 1. The number of aryl methyl sites for hydroxylation is 2. The molecule has 2 aromatic rings. The first-order valence-corrected chi connectivity index (χ1v) is 6.63. The van der Waals surface area contributed by atoms with Crippen LogP contribution in [0.3, 0.4) is 0 Å². The third kappa shape index (κ3) is 3.13. The summed E-state index contributed by atoms with van der Waals surface area (Å²) in [6.07, 6.45) is 4.29. The van der Waals surface area contributed by atoms with E-state index in [0.29, 0.717) is 0 Å². The van der Waals surface area contributed by atoms with Crippen LogP contribution in [0, 0.1) is 6.92 Å². The highest BCUT2D eigenvalue weighted by Gasteiger charge is 2.00. The van der Waals surface area contributed by atoms with Crippen LogP contribution in [0.4, 0.5) is 5.69 Å². The maximum atomic E-state index is 3.57. The van der Waals surface area contributed by atoms with E-state index in [1.807, 2.05) is 0 Å². The van der Waals surface area contributed by atoms with Gasteiger partial charge in [-0.05, 0) is 59.1 Å². The van der Waals surface area contributed by atoms with Crippen molar-refractivity contribution >= 4 is 21.6 Å². The van der Waals surface area contributed by atoms with Gasteiger partial charge in [0.2, 0.25) is 0 Å². The molecule has 3 heteroatoms. The molecule has 0 aliphatic rings. The molecule has 0 unspecified atom stereocenters. The van der Waals surface area contributed by atoms with Gasteiger partial charge in [0, 0.05) is 35.6 Å². The van der Waals surface area contributed by atoms with Crippen molar-refractivity contribution in [3.05, 3.63) is 52.3 Å². The Morgan fingerprint density at radius 1 is 1.29 bits per heavy atom. The van der Waals surface area contributed by atoms with Gasteiger partial charge in [0.05, 0.1) is 0 Å². The van der Waals surface area contributed by atoms with Crippen molar-refractivity contribution in [2.24, 2.45) is 0 Å². The first-order chi connectivity index (χ1) is 8.19. The second kappa shape index (κ2) is 5.41. The molecule has 1 heterocycles. The van der Waals surface area contributed by atoms with Crippen molar-refractivity contribution in [1.29, 1.82) is 0 Å². The van der Waals surface area contributed by atoms with Crippen LogP contribution in [0.1, 0.15) is 18.1 Å². The number of anilines is 1. The van der Waals surface area contributed by atoms with E-state index < -0.39 is 0 Å². The predicted octanol–water partition coefficient (Wildman–Crippen LogP) is 4.19. The van der Waals surface area contributed by atoms with Crippen LogP contribution in [0.5, 0.6) is 0 Å². The molecule has 1 aromatic carbocycles. The molecule has 0 atom stereocenters. The summed E-state index contributed by atoms with van der Waals surface area (Å²) in [5.74, 6) is 0. The fourth-order valence-electron chi connectivity index (χ4n) is 1.75. The van der Waals surface area contributed by atoms with Crippen LogP contribution < -0.4 is 5.32 Å². The molecule has 0 aliphatic carbocycles. The Morgan fingerprint density at radius 3 is 2.76 bits per heavy atom. The highest BCUT2D eigenvalue weighted by Crippen LogP contribution is 2.23. The predicted molar refractivity (Wildman–Crippen MR) is 76.3 cm³/mol. The lowest BCUT2D eigenvalue weighted by atomic mass is 10.2. The smallest absolute Gasteiger partial charge is 0.0487 e. The lowest BCUT2D eigenvalue weighted by Gasteiger charge is -2.08. The minimum absolute atomic E-state index is 0.856. The van der Waals surface area contributed by atoms with Crippen LogP contribution in [0.15, 0.2) is 41.1 Å². The Morgan fingerprint density at radius 2 is 2.12 bits per heavy atom. The van der Waals surface area contributed by atoms with Crippen molar-refractivity contribution < 1.29 is 0 Å². The van der Waals surface area contributed by atoms with Gasteiger partial charge < -0.3 is 9.88 Å². The fourth-order valence-corrected chi connectivity index (χ4v) is 2.39. The molecule has 90 valence electrons. The Hall–Kier alpha value is -1.22. The summed E-state index contributed by atoms with van der Waals surface area (Å²) >= 11 is 3.57. The number of benzene rings is 1. The van der Waals surface area contributed by atoms with Crippen molar-refractivity contribution in [2.75, 3.05) is 5.32 Å². The zero-order valence-corrected chi connectivity index (χ0v) is 11.8. The lowest BCUT2D eigenvalue weighted by molar-refractivity contribution is 0.766. The van der Waals surface area contributed by atoms with E-state index >= 15 is 0 Å². The molecule has 0 saturated heterocycles. The summed E-state index contributed by atoms with van der Waals surface area (Å²) in [5.41, 5.74) is 3.71. The number of nitrogens with zero attached hydrogens (tertiary/aromatic N) is 1. The molecule has 0 aliphatic heterocycles. The van der Waals surface area contributed by atoms with Crippen LogP contribution in [-0.4, -0.2) is 4.57 Å². The zero-order valence-electron chi connectivity index (χ0n) is 10.2. The highest BCUT2D eigenvalue weighted by atomic mass is 79.9. The number of halogens is 1. The highest BCUT2D eigenvalue weighted by molar-refractivity contribution is 9.10. The molecule has 17 heavy (non-hydrogen) atoms. The molecule has 0 radical (unpaired) electrons. The van der Waals surface area contributed by atoms with Crippen LogP contribution in [-0.2, 0) is 13.1 Å². The van der Waals surface area contributed by atoms with Gasteiger partial charge in [0.1, 0.15) is 0 Å². The third-order valence-corrected chi connectivity index (χ3v) is 3.44. The molecule has 0 amide bonds. The van der Waals surface area contributed by atoms with Gasteiger partial charge in [-0.1, -0.05) is 6.07 Å². The molecular formula is C14H17BrN2. The second-order valence-electron chi connectivity index (χ2n) is 4.19. The average molecular weight is 293 g/mol. The summed E-state index contributed by atoms with van der Waals surface area (Å²) in [5, 5.41) is 3.43. The molecule has 0 fully saturated rings. The first kappa shape index (κ1) is 12.2. The Labute approximate surface area is 111 Å². The van der Waals surface area contributed by atoms with Gasteiger partial charge in [0.25, 0.3) is 0 Å². The van der Waals surface area contributed by atoms with Gasteiger partial charge in [0.15, 0.2) is 0 Å². The molecular weight excluding hydrogens is 276 g/mol. The van der Waals surface area contributed by atoms with E-state index in [9.17, 15) is 0 Å². The van der Waals surface area contributed by atoms with Crippen molar-refractivity contribution in [3.8, 4) is 0 Å². The van der Waals surface area contributed by atoms with Gasteiger partial charge in [-0.2, -0.15) is 0 Å². The Bertz CT molecular complexity index is 503. The molecule has 1 N–H and O–H groups in total. The van der Waals surface area contributed by atoms with E-state index in [1.165, 1.54) is 11.1 Å². The summed E-state index contributed by atoms with van der Waals surface area (Å²) in [6.45, 7) is 6.12. The van der Waals surface area contributed by atoms with E-state index in [1.54, 1.807) is 0 Å². The summed E-state index contributed by atoms with van der Waals surface area (Å²) in [6, 6.07) is 8.50. The van der Waals surface area contributed by atoms with Crippen molar-refractivity contribution in [3.63, 3.8) is 0 Å². The molecule has 1 aromatic heterocycles. The van der Waals surface area contributed by atoms with Gasteiger partial charge in [-0.3, -0.25) is 0 Å². The monoisotopic (exact) mass is 292 g/mol. The topological polar surface area (TPSA) is 17.0 Å². The molecule has 0 saturated carbocycles. The molecule has 2 rings (SSSR count). The quantitative estimate of drug-likeness (QED) is 0.894.